The predicted molar refractivity (Wildman–Crippen MR) is 80.7 cm³/mol. The van der Waals surface area contributed by atoms with Gasteiger partial charge in [-0.15, -0.1) is 0 Å². The second-order valence-electron chi connectivity index (χ2n) is 5.08. The van der Waals surface area contributed by atoms with Crippen molar-refractivity contribution in [2.24, 2.45) is 0 Å². The molecule has 0 saturated heterocycles. The minimum atomic E-state index is 0.569. The highest BCUT2D eigenvalue weighted by atomic mass is 16.6. The van der Waals surface area contributed by atoms with E-state index in [0.29, 0.717) is 19.0 Å². The Labute approximate surface area is 127 Å². The lowest BCUT2D eigenvalue weighted by Crippen LogP contribution is -2.15. The summed E-state index contributed by atoms with van der Waals surface area (Å²) in [5.41, 5.74) is 3.68. The molecule has 0 fully saturated rings. The zero-order valence-electron chi connectivity index (χ0n) is 12.4. The van der Waals surface area contributed by atoms with E-state index in [2.05, 4.69) is 10.1 Å². The molecule has 3 heterocycles. The Morgan fingerprint density at radius 1 is 1.18 bits per heavy atom. The number of nitrogens with zero attached hydrogens (tertiary/aromatic N) is 3. The Hall–Kier alpha value is -2.76. The van der Waals surface area contributed by atoms with Crippen LogP contribution in [0.1, 0.15) is 5.69 Å². The fourth-order valence-corrected chi connectivity index (χ4v) is 2.67. The summed E-state index contributed by atoms with van der Waals surface area (Å²) in [5.74, 6) is 2.21. The van der Waals surface area contributed by atoms with Crippen LogP contribution in [0.5, 0.6) is 17.2 Å². The van der Waals surface area contributed by atoms with Crippen molar-refractivity contribution >= 4 is 5.65 Å². The standard InChI is InChI=1S/C16H15N3O3/c1-10-15(16-17-8-12(20-2)9-19(16)18-10)11-3-4-13-14(7-11)22-6-5-21-13/h3-4,7-9H,5-6H2,1-2H3. The third-order valence-electron chi connectivity index (χ3n) is 3.69. The summed E-state index contributed by atoms with van der Waals surface area (Å²) >= 11 is 0. The van der Waals surface area contributed by atoms with Crippen LogP contribution in [0.2, 0.25) is 0 Å². The lowest BCUT2D eigenvalue weighted by molar-refractivity contribution is 0.171. The van der Waals surface area contributed by atoms with Crippen molar-refractivity contribution in [2.45, 2.75) is 6.92 Å². The van der Waals surface area contributed by atoms with Gasteiger partial charge in [-0.3, -0.25) is 0 Å². The molecule has 0 radical (unpaired) electrons. The first-order valence-electron chi connectivity index (χ1n) is 7.05. The Morgan fingerprint density at radius 3 is 2.82 bits per heavy atom. The maximum atomic E-state index is 5.66. The SMILES string of the molecule is COc1cnc2c(-c3ccc4c(c3)OCCO4)c(C)nn2c1. The van der Waals surface area contributed by atoms with Crippen molar-refractivity contribution in [3.63, 3.8) is 0 Å². The summed E-state index contributed by atoms with van der Waals surface area (Å²) in [4.78, 5) is 4.46. The number of fused-ring (bicyclic) bond motifs is 2. The monoisotopic (exact) mass is 297 g/mol. The maximum Gasteiger partial charge on any atom is 0.163 e. The number of ether oxygens (including phenoxy) is 3. The zero-order chi connectivity index (χ0) is 15.1. The molecule has 3 aromatic rings. The van der Waals surface area contributed by atoms with Crippen LogP contribution in [-0.4, -0.2) is 34.9 Å². The number of aryl methyl sites for hydroxylation is 1. The Balaban J connectivity index is 1.88. The summed E-state index contributed by atoms with van der Waals surface area (Å²) in [6.07, 6.45) is 3.51. The highest BCUT2D eigenvalue weighted by molar-refractivity contribution is 5.81. The molecule has 1 aromatic carbocycles. The minimum absolute atomic E-state index is 0.569. The Morgan fingerprint density at radius 2 is 2.00 bits per heavy atom. The molecule has 1 aliphatic rings. The van der Waals surface area contributed by atoms with Crippen LogP contribution in [0.4, 0.5) is 0 Å². The second kappa shape index (κ2) is 4.91. The van der Waals surface area contributed by atoms with Crippen LogP contribution in [-0.2, 0) is 0 Å². The van der Waals surface area contributed by atoms with Crippen molar-refractivity contribution in [1.82, 2.24) is 14.6 Å². The van der Waals surface area contributed by atoms with E-state index < -0.39 is 0 Å². The molecule has 22 heavy (non-hydrogen) atoms. The van der Waals surface area contributed by atoms with Gasteiger partial charge in [0, 0.05) is 5.56 Å². The molecule has 0 N–H and O–H groups in total. The van der Waals surface area contributed by atoms with Gasteiger partial charge in [0.1, 0.15) is 13.2 Å². The number of aromatic nitrogens is 3. The van der Waals surface area contributed by atoms with Crippen LogP contribution < -0.4 is 14.2 Å². The third kappa shape index (κ3) is 1.95. The summed E-state index contributed by atoms with van der Waals surface area (Å²) in [5, 5.41) is 4.51. The van der Waals surface area contributed by atoms with E-state index in [-0.39, 0.29) is 0 Å². The first kappa shape index (κ1) is 12.9. The van der Waals surface area contributed by atoms with E-state index >= 15 is 0 Å². The predicted octanol–water partition coefficient (Wildman–Crippen LogP) is 2.48. The average Bonchev–Trinajstić information content (AvgIpc) is 2.89. The molecule has 2 aromatic heterocycles. The number of benzene rings is 1. The lowest BCUT2D eigenvalue weighted by atomic mass is 10.1. The summed E-state index contributed by atoms with van der Waals surface area (Å²) in [7, 11) is 1.61. The summed E-state index contributed by atoms with van der Waals surface area (Å²) in [6.45, 7) is 3.12. The molecule has 6 heteroatoms. The van der Waals surface area contributed by atoms with E-state index in [1.54, 1.807) is 17.8 Å². The molecule has 0 spiro atoms. The molecular weight excluding hydrogens is 282 g/mol. The molecule has 0 bridgehead atoms. The Kier molecular flexibility index (Phi) is 2.89. The van der Waals surface area contributed by atoms with E-state index in [0.717, 1.165) is 34.0 Å². The fraction of sp³-hybridized carbons (Fsp3) is 0.250. The van der Waals surface area contributed by atoms with Crippen LogP contribution in [0.25, 0.3) is 16.8 Å². The van der Waals surface area contributed by atoms with E-state index in [4.69, 9.17) is 14.2 Å². The van der Waals surface area contributed by atoms with Gasteiger partial charge < -0.3 is 14.2 Å². The molecule has 0 aliphatic carbocycles. The average molecular weight is 297 g/mol. The van der Waals surface area contributed by atoms with Crippen LogP contribution in [0.15, 0.2) is 30.6 Å². The largest absolute Gasteiger partial charge is 0.494 e. The highest BCUT2D eigenvalue weighted by Crippen LogP contribution is 2.36. The first-order chi connectivity index (χ1) is 10.8. The van der Waals surface area contributed by atoms with Gasteiger partial charge in [0.15, 0.2) is 22.9 Å². The van der Waals surface area contributed by atoms with Crippen LogP contribution in [0.3, 0.4) is 0 Å². The van der Waals surface area contributed by atoms with Gasteiger partial charge in [-0.1, -0.05) is 6.07 Å². The van der Waals surface area contributed by atoms with Gasteiger partial charge >= 0.3 is 0 Å². The molecular formula is C16H15N3O3. The molecule has 0 unspecified atom stereocenters. The molecule has 0 saturated carbocycles. The lowest BCUT2D eigenvalue weighted by Gasteiger charge is -2.18. The van der Waals surface area contributed by atoms with Crippen molar-refractivity contribution in [2.75, 3.05) is 20.3 Å². The van der Waals surface area contributed by atoms with Crippen LogP contribution >= 0.6 is 0 Å². The molecule has 0 atom stereocenters. The number of rotatable bonds is 2. The van der Waals surface area contributed by atoms with E-state index in [1.165, 1.54) is 0 Å². The van der Waals surface area contributed by atoms with Gasteiger partial charge in [-0.2, -0.15) is 5.10 Å². The smallest absolute Gasteiger partial charge is 0.163 e. The van der Waals surface area contributed by atoms with Crippen molar-refractivity contribution in [3.05, 3.63) is 36.3 Å². The summed E-state index contributed by atoms with van der Waals surface area (Å²) in [6, 6.07) is 5.91. The minimum Gasteiger partial charge on any atom is -0.494 e. The Bertz CT molecular complexity index is 857. The van der Waals surface area contributed by atoms with Gasteiger partial charge in [0.05, 0.1) is 25.2 Å². The van der Waals surface area contributed by atoms with Crippen molar-refractivity contribution in [1.29, 1.82) is 0 Å². The van der Waals surface area contributed by atoms with Gasteiger partial charge in [-0.25, -0.2) is 9.50 Å². The molecule has 4 rings (SSSR count). The number of hydrogen-bond donors (Lipinski definition) is 0. The normalized spacial score (nSPS) is 13.4. The topological polar surface area (TPSA) is 57.9 Å². The van der Waals surface area contributed by atoms with Crippen molar-refractivity contribution < 1.29 is 14.2 Å². The van der Waals surface area contributed by atoms with Gasteiger partial charge in [-0.05, 0) is 24.6 Å². The maximum absolute atomic E-state index is 5.66. The molecule has 112 valence electrons. The van der Waals surface area contributed by atoms with Gasteiger partial charge in [0.2, 0.25) is 0 Å². The van der Waals surface area contributed by atoms with E-state index in [1.807, 2.05) is 31.3 Å². The quantitative estimate of drug-likeness (QED) is 0.727. The summed E-state index contributed by atoms with van der Waals surface area (Å²) < 4.78 is 18.2. The first-order valence-corrected chi connectivity index (χ1v) is 7.05. The van der Waals surface area contributed by atoms with Gasteiger partial charge in [0.25, 0.3) is 0 Å². The molecule has 6 nitrogen and oxygen atoms in total. The number of hydrogen-bond acceptors (Lipinski definition) is 5. The van der Waals surface area contributed by atoms with Crippen LogP contribution in [0, 0.1) is 6.92 Å². The molecule has 0 amide bonds. The fourth-order valence-electron chi connectivity index (χ4n) is 2.67. The third-order valence-corrected chi connectivity index (χ3v) is 3.69. The van der Waals surface area contributed by atoms with E-state index in [9.17, 15) is 0 Å². The molecule has 1 aliphatic heterocycles. The second-order valence-corrected chi connectivity index (χ2v) is 5.08. The zero-order valence-corrected chi connectivity index (χ0v) is 12.4. The van der Waals surface area contributed by atoms with Crippen molar-refractivity contribution in [3.8, 4) is 28.4 Å². The number of methoxy groups -OCH3 is 1. The highest BCUT2D eigenvalue weighted by Gasteiger charge is 2.17.